The Labute approximate surface area is 179 Å². The van der Waals surface area contributed by atoms with E-state index in [2.05, 4.69) is 10.0 Å². The molecular weight excluding hydrogens is 396 g/mol. The molecule has 2 aliphatic rings. The van der Waals surface area contributed by atoms with Crippen LogP contribution < -0.4 is 10.0 Å². The lowest BCUT2D eigenvalue weighted by molar-refractivity contribution is -0.124. The van der Waals surface area contributed by atoms with Crippen molar-refractivity contribution in [2.75, 3.05) is 4.72 Å². The molecule has 0 aromatic heterocycles. The SMILES string of the molecule is Cc1cc(C)c(S(=O)(=O)Nc2ccc(C3(C(=O)NC4CCCC4)CC3)cc2)cc1C. The first-order valence-corrected chi connectivity index (χ1v) is 12.2. The van der Waals surface area contributed by atoms with Crippen molar-refractivity contribution in [1.82, 2.24) is 5.32 Å². The third-order valence-electron chi connectivity index (χ3n) is 6.65. The quantitative estimate of drug-likeness (QED) is 0.714. The molecule has 0 bridgehead atoms. The van der Waals surface area contributed by atoms with Gasteiger partial charge in [0.1, 0.15) is 0 Å². The Morgan fingerprint density at radius 2 is 1.53 bits per heavy atom. The van der Waals surface area contributed by atoms with Gasteiger partial charge in [-0.05, 0) is 86.9 Å². The number of sulfonamides is 1. The van der Waals surface area contributed by atoms with E-state index in [1.54, 1.807) is 18.2 Å². The van der Waals surface area contributed by atoms with Gasteiger partial charge in [-0.15, -0.1) is 0 Å². The van der Waals surface area contributed by atoms with E-state index in [1.165, 1.54) is 12.8 Å². The van der Waals surface area contributed by atoms with Crippen LogP contribution in [0.2, 0.25) is 0 Å². The standard InChI is InChI=1S/C24H30N2O3S/c1-16-14-18(3)22(15-17(16)2)30(28,29)26-21-10-8-19(9-11-21)24(12-13-24)23(27)25-20-6-4-5-7-20/h8-11,14-15,20,26H,4-7,12-13H2,1-3H3,(H,25,27). The molecule has 2 fully saturated rings. The van der Waals surface area contributed by atoms with E-state index in [0.29, 0.717) is 16.6 Å². The predicted octanol–water partition coefficient (Wildman–Crippen LogP) is 4.50. The minimum atomic E-state index is -3.68. The molecule has 6 heteroatoms. The maximum Gasteiger partial charge on any atom is 0.262 e. The van der Waals surface area contributed by atoms with E-state index in [-0.39, 0.29) is 5.91 Å². The van der Waals surface area contributed by atoms with E-state index < -0.39 is 15.4 Å². The fraction of sp³-hybridized carbons (Fsp3) is 0.458. The molecule has 0 spiro atoms. The van der Waals surface area contributed by atoms with Gasteiger partial charge in [0.15, 0.2) is 0 Å². The molecular formula is C24H30N2O3S. The Bertz CT molecular complexity index is 1060. The summed E-state index contributed by atoms with van der Waals surface area (Å²) < 4.78 is 28.5. The van der Waals surface area contributed by atoms with Gasteiger partial charge >= 0.3 is 0 Å². The van der Waals surface area contributed by atoms with E-state index in [9.17, 15) is 13.2 Å². The molecule has 4 rings (SSSR count). The monoisotopic (exact) mass is 426 g/mol. The molecule has 0 heterocycles. The normalized spacial score (nSPS) is 18.2. The summed E-state index contributed by atoms with van der Waals surface area (Å²) in [4.78, 5) is 13.2. The zero-order valence-electron chi connectivity index (χ0n) is 17.9. The molecule has 2 aromatic carbocycles. The molecule has 2 N–H and O–H groups in total. The van der Waals surface area contributed by atoms with E-state index in [0.717, 1.165) is 47.9 Å². The van der Waals surface area contributed by atoms with Crippen molar-refractivity contribution in [2.24, 2.45) is 0 Å². The van der Waals surface area contributed by atoms with Crippen molar-refractivity contribution in [2.45, 2.75) is 75.6 Å². The topological polar surface area (TPSA) is 75.3 Å². The fourth-order valence-corrected chi connectivity index (χ4v) is 5.83. The predicted molar refractivity (Wildman–Crippen MR) is 119 cm³/mol. The van der Waals surface area contributed by atoms with E-state index in [4.69, 9.17) is 0 Å². The van der Waals surface area contributed by atoms with Gasteiger partial charge in [0.25, 0.3) is 10.0 Å². The van der Waals surface area contributed by atoms with Crippen molar-refractivity contribution in [3.05, 3.63) is 58.7 Å². The number of carbonyl (C=O) groups is 1. The summed E-state index contributed by atoms with van der Waals surface area (Å²) in [6, 6.07) is 11.2. The molecule has 0 radical (unpaired) electrons. The summed E-state index contributed by atoms with van der Waals surface area (Å²) in [5.74, 6) is 0.119. The Balaban J connectivity index is 1.50. The van der Waals surface area contributed by atoms with E-state index >= 15 is 0 Å². The van der Waals surface area contributed by atoms with Gasteiger partial charge in [-0.3, -0.25) is 9.52 Å². The van der Waals surface area contributed by atoms with E-state index in [1.807, 2.05) is 39.0 Å². The van der Waals surface area contributed by atoms with Crippen LogP contribution in [0.15, 0.2) is 41.3 Å². The highest BCUT2D eigenvalue weighted by atomic mass is 32.2. The van der Waals surface area contributed by atoms with Crippen molar-refractivity contribution in [1.29, 1.82) is 0 Å². The Hall–Kier alpha value is -2.34. The van der Waals surface area contributed by atoms with Gasteiger partial charge in [0, 0.05) is 11.7 Å². The summed E-state index contributed by atoms with van der Waals surface area (Å²) >= 11 is 0. The number of benzene rings is 2. The Morgan fingerprint density at radius 3 is 2.13 bits per heavy atom. The molecule has 0 unspecified atom stereocenters. The molecule has 5 nitrogen and oxygen atoms in total. The van der Waals surface area contributed by atoms with Gasteiger partial charge in [-0.1, -0.05) is 31.0 Å². The molecule has 30 heavy (non-hydrogen) atoms. The highest BCUT2D eigenvalue weighted by Crippen LogP contribution is 2.49. The first-order valence-electron chi connectivity index (χ1n) is 10.7. The second-order valence-corrected chi connectivity index (χ2v) is 10.6. The molecule has 2 aliphatic carbocycles. The van der Waals surface area contributed by atoms with Crippen LogP contribution in [0.5, 0.6) is 0 Å². The van der Waals surface area contributed by atoms with Gasteiger partial charge < -0.3 is 5.32 Å². The first-order chi connectivity index (χ1) is 14.2. The summed E-state index contributed by atoms with van der Waals surface area (Å²) in [6.07, 6.45) is 6.21. The smallest absolute Gasteiger partial charge is 0.262 e. The molecule has 2 saturated carbocycles. The number of hydrogen-bond donors (Lipinski definition) is 2. The van der Waals surface area contributed by atoms with Gasteiger partial charge in [0.2, 0.25) is 5.91 Å². The number of amides is 1. The molecule has 1 amide bonds. The minimum absolute atomic E-state index is 0.119. The zero-order valence-corrected chi connectivity index (χ0v) is 18.7. The number of anilines is 1. The summed E-state index contributed by atoms with van der Waals surface area (Å²) in [7, 11) is -3.68. The fourth-order valence-electron chi connectivity index (χ4n) is 4.46. The number of carbonyl (C=O) groups excluding carboxylic acids is 1. The molecule has 0 aliphatic heterocycles. The highest BCUT2D eigenvalue weighted by Gasteiger charge is 2.51. The average Bonchev–Trinajstić information content (AvgIpc) is 3.35. The maximum atomic E-state index is 12.9. The number of hydrogen-bond acceptors (Lipinski definition) is 3. The molecule has 160 valence electrons. The third kappa shape index (κ3) is 3.97. The number of rotatable bonds is 6. The second-order valence-electron chi connectivity index (χ2n) is 8.92. The van der Waals surface area contributed by atoms with Gasteiger partial charge in [-0.25, -0.2) is 8.42 Å². The van der Waals surface area contributed by atoms with Crippen LogP contribution >= 0.6 is 0 Å². The third-order valence-corrected chi connectivity index (χ3v) is 8.17. The van der Waals surface area contributed by atoms with Crippen molar-refractivity contribution in [3.63, 3.8) is 0 Å². The van der Waals surface area contributed by atoms with Crippen LogP contribution in [0, 0.1) is 20.8 Å². The van der Waals surface area contributed by atoms with Gasteiger partial charge in [-0.2, -0.15) is 0 Å². The lowest BCUT2D eigenvalue weighted by Gasteiger charge is -2.20. The Kier molecular flexibility index (Phi) is 5.39. The van der Waals surface area contributed by atoms with Crippen LogP contribution in [-0.4, -0.2) is 20.4 Å². The van der Waals surface area contributed by atoms with Crippen molar-refractivity contribution < 1.29 is 13.2 Å². The molecule has 0 saturated heterocycles. The van der Waals surface area contributed by atoms with Crippen molar-refractivity contribution in [3.8, 4) is 0 Å². The minimum Gasteiger partial charge on any atom is -0.353 e. The number of nitrogens with one attached hydrogen (secondary N) is 2. The van der Waals surface area contributed by atoms with Gasteiger partial charge in [0.05, 0.1) is 10.3 Å². The average molecular weight is 427 g/mol. The maximum absolute atomic E-state index is 12.9. The zero-order chi connectivity index (χ0) is 21.5. The Morgan fingerprint density at radius 1 is 0.933 bits per heavy atom. The molecule has 2 aromatic rings. The van der Waals surface area contributed by atoms with Crippen LogP contribution in [0.4, 0.5) is 5.69 Å². The van der Waals surface area contributed by atoms with Crippen LogP contribution in [0.25, 0.3) is 0 Å². The first kappa shape index (κ1) is 20.9. The number of aryl methyl sites for hydroxylation is 3. The highest BCUT2D eigenvalue weighted by molar-refractivity contribution is 7.92. The van der Waals surface area contributed by atoms with Crippen molar-refractivity contribution >= 4 is 21.6 Å². The summed E-state index contributed by atoms with van der Waals surface area (Å²) in [5, 5.41) is 3.22. The van der Waals surface area contributed by atoms with Crippen LogP contribution in [0.3, 0.4) is 0 Å². The summed E-state index contributed by atoms with van der Waals surface area (Å²) in [6.45, 7) is 5.69. The lowest BCUT2D eigenvalue weighted by Crippen LogP contribution is -2.40. The second kappa shape index (κ2) is 7.73. The van der Waals surface area contributed by atoms with Crippen LogP contribution in [0.1, 0.15) is 60.8 Å². The summed E-state index contributed by atoms with van der Waals surface area (Å²) in [5.41, 5.74) is 3.76. The molecule has 0 atom stereocenters. The largest absolute Gasteiger partial charge is 0.353 e. The van der Waals surface area contributed by atoms with Crippen LogP contribution in [-0.2, 0) is 20.2 Å². The lowest BCUT2D eigenvalue weighted by atomic mass is 9.94.